The number of unbranched alkanes of at least 4 members (excludes halogenated alkanes) is 4. The van der Waals surface area contributed by atoms with E-state index in [1.54, 1.807) is 24.3 Å². The number of nitrogens with zero attached hydrogens (tertiary/aromatic N) is 1. The first-order valence-corrected chi connectivity index (χ1v) is 11.3. The molecule has 0 aliphatic rings. The van der Waals surface area contributed by atoms with Crippen LogP contribution in [0, 0.1) is 0 Å². The summed E-state index contributed by atoms with van der Waals surface area (Å²) in [5.74, 6) is -0.285. The van der Waals surface area contributed by atoms with E-state index in [9.17, 15) is 9.59 Å². The van der Waals surface area contributed by atoms with Gasteiger partial charge in [0.15, 0.2) is 0 Å². The molecule has 0 unspecified atom stereocenters. The molecule has 0 saturated heterocycles. The normalized spacial score (nSPS) is 11.4. The molecule has 0 aliphatic heterocycles. The minimum Gasteiger partial charge on any atom is -0.326 e. The summed E-state index contributed by atoms with van der Waals surface area (Å²) in [7, 11) is 0. The van der Waals surface area contributed by atoms with Gasteiger partial charge in [0.25, 0.3) is 5.91 Å². The van der Waals surface area contributed by atoms with Crippen LogP contribution in [0.4, 0.5) is 5.69 Å². The highest BCUT2D eigenvalue weighted by Gasteiger charge is 2.08. The molecule has 32 heavy (non-hydrogen) atoms. The van der Waals surface area contributed by atoms with Crippen molar-refractivity contribution in [1.82, 2.24) is 5.43 Å². The highest BCUT2D eigenvalue weighted by atomic mass is 16.2. The summed E-state index contributed by atoms with van der Waals surface area (Å²) in [6.07, 6.45) is 6.10. The molecule has 0 aromatic heterocycles. The molecule has 2 N–H and O–H groups in total. The SMILES string of the molecule is CCCCCCCC(=O)Nc1ccc(C(=O)N/N=C(\C)c2cccc3ccccc23)cc1. The van der Waals surface area contributed by atoms with Gasteiger partial charge in [-0.3, -0.25) is 9.59 Å². The van der Waals surface area contributed by atoms with Crippen molar-refractivity contribution < 1.29 is 9.59 Å². The standard InChI is InChI=1S/C27H31N3O2/c1-3-4-5-6-7-15-26(31)28-23-18-16-22(17-19-23)27(32)30-29-20(2)24-14-10-12-21-11-8-9-13-25(21)24/h8-14,16-19H,3-7,15H2,1-2H3,(H,28,31)(H,30,32)/b29-20+. The van der Waals surface area contributed by atoms with E-state index in [1.165, 1.54) is 19.3 Å². The zero-order chi connectivity index (χ0) is 22.8. The van der Waals surface area contributed by atoms with E-state index in [-0.39, 0.29) is 11.8 Å². The first-order chi connectivity index (χ1) is 15.6. The molecular formula is C27H31N3O2. The molecule has 3 aromatic carbocycles. The molecule has 0 fully saturated rings. The number of fused-ring (bicyclic) bond motifs is 1. The monoisotopic (exact) mass is 429 g/mol. The number of hydrazone groups is 1. The van der Waals surface area contributed by atoms with E-state index in [1.807, 2.05) is 37.3 Å². The summed E-state index contributed by atoms with van der Waals surface area (Å²) in [6.45, 7) is 4.05. The molecular weight excluding hydrogens is 398 g/mol. The van der Waals surface area contributed by atoms with Crippen molar-refractivity contribution in [3.63, 3.8) is 0 Å². The van der Waals surface area contributed by atoms with Gasteiger partial charge in [-0.2, -0.15) is 5.10 Å². The third kappa shape index (κ3) is 6.51. The van der Waals surface area contributed by atoms with Crippen LogP contribution in [-0.4, -0.2) is 17.5 Å². The number of amides is 2. The van der Waals surface area contributed by atoms with Crippen LogP contribution in [0.2, 0.25) is 0 Å². The Morgan fingerprint density at radius 2 is 1.56 bits per heavy atom. The van der Waals surface area contributed by atoms with Crippen LogP contribution in [0.15, 0.2) is 71.8 Å². The number of hydrogen-bond acceptors (Lipinski definition) is 3. The van der Waals surface area contributed by atoms with Gasteiger partial charge in [0.1, 0.15) is 0 Å². The maximum absolute atomic E-state index is 12.5. The van der Waals surface area contributed by atoms with Crippen LogP contribution >= 0.6 is 0 Å². The predicted octanol–water partition coefficient (Wildman–Crippen LogP) is 6.29. The fourth-order valence-corrected chi connectivity index (χ4v) is 3.62. The quantitative estimate of drug-likeness (QED) is 0.226. The van der Waals surface area contributed by atoms with E-state index in [0.717, 1.165) is 34.9 Å². The summed E-state index contributed by atoms with van der Waals surface area (Å²) >= 11 is 0. The lowest BCUT2D eigenvalue weighted by molar-refractivity contribution is -0.116. The fourth-order valence-electron chi connectivity index (χ4n) is 3.62. The average Bonchev–Trinajstić information content (AvgIpc) is 2.82. The molecule has 0 aliphatic carbocycles. The first kappa shape index (κ1) is 23.2. The highest BCUT2D eigenvalue weighted by Crippen LogP contribution is 2.19. The second-order valence-corrected chi connectivity index (χ2v) is 7.95. The van der Waals surface area contributed by atoms with Crippen molar-refractivity contribution in [2.75, 3.05) is 5.32 Å². The number of carbonyl (C=O) groups excluding carboxylic acids is 2. The van der Waals surface area contributed by atoms with Gasteiger partial charge in [0.2, 0.25) is 5.91 Å². The predicted molar refractivity (Wildman–Crippen MR) is 132 cm³/mol. The molecule has 0 saturated carbocycles. The van der Waals surface area contributed by atoms with Crippen LogP contribution in [0.1, 0.15) is 68.3 Å². The Balaban J connectivity index is 1.55. The lowest BCUT2D eigenvalue weighted by atomic mass is 10.0. The number of hydrogen-bond donors (Lipinski definition) is 2. The number of carbonyl (C=O) groups is 2. The smallest absolute Gasteiger partial charge is 0.271 e. The van der Waals surface area contributed by atoms with E-state index >= 15 is 0 Å². The van der Waals surface area contributed by atoms with Crippen molar-refractivity contribution in [3.05, 3.63) is 77.9 Å². The molecule has 0 heterocycles. The minimum atomic E-state index is -0.293. The third-order valence-corrected chi connectivity index (χ3v) is 5.44. The van der Waals surface area contributed by atoms with E-state index in [2.05, 4.69) is 34.9 Å². The summed E-state index contributed by atoms with van der Waals surface area (Å²) in [6, 6.07) is 21.0. The van der Waals surface area contributed by atoms with Gasteiger partial charge < -0.3 is 5.32 Å². The molecule has 3 aromatic rings. The summed E-state index contributed by atoms with van der Waals surface area (Å²) in [4.78, 5) is 24.6. The third-order valence-electron chi connectivity index (χ3n) is 5.44. The Hall–Kier alpha value is -3.47. The molecule has 5 heteroatoms. The summed E-state index contributed by atoms with van der Waals surface area (Å²) in [5.41, 5.74) is 5.52. The van der Waals surface area contributed by atoms with Gasteiger partial charge in [-0.25, -0.2) is 5.43 Å². The number of benzene rings is 3. The molecule has 0 bridgehead atoms. The van der Waals surface area contributed by atoms with Gasteiger partial charge in [0, 0.05) is 23.2 Å². The second kappa shape index (κ2) is 11.8. The average molecular weight is 430 g/mol. The highest BCUT2D eigenvalue weighted by molar-refractivity contribution is 6.10. The minimum absolute atomic E-state index is 0.00834. The van der Waals surface area contributed by atoms with Crippen molar-refractivity contribution in [2.45, 2.75) is 52.4 Å². The van der Waals surface area contributed by atoms with Gasteiger partial charge in [0.05, 0.1) is 5.71 Å². The lowest BCUT2D eigenvalue weighted by Crippen LogP contribution is -2.19. The van der Waals surface area contributed by atoms with Gasteiger partial charge in [-0.1, -0.05) is 75.1 Å². The molecule has 5 nitrogen and oxygen atoms in total. The Labute approximate surface area is 189 Å². The maximum Gasteiger partial charge on any atom is 0.271 e. The van der Waals surface area contributed by atoms with Gasteiger partial charge >= 0.3 is 0 Å². The summed E-state index contributed by atoms with van der Waals surface area (Å²) < 4.78 is 0. The Bertz CT molecular complexity index is 1080. The molecule has 0 atom stereocenters. The van der Waals surface area contributed by atoms with E-state index in [0.29, 0.717) is 17.7 Å². The largest absolute Gasteiger partial charge is 0.326 e. The Morgan fingerprint density at radius 3 is 2.34 bits per heavy atom. The van der Waals surface area contributed by atoms with Crippen LogP contribution in [0.5, 0.6) is 0 Å². The molecule has 0 spiro atoms. The van der Waals surface area contributed by atoms with E-state index in [4.69, 9.17) is 0 Å². The van der Waals surface area contributed by atoms with Crippen molar-refractivity contribution in [3.8, 4) is 0 Å². The van der Waals surface area contributed by atoms with E-state index < -0.39 is 0 Å². The zero-order valence-corrected chi connectivity index (χ0v) is 18.9. The van der Waals surface area contributed by atoms with Crippen molar-refractivity contribution in [1.29, 1.82) is 0 Å². The Morgan fingerprint density at radius 1 is 0.844 bits per heavy atom. The topological polar surface area (TPSA) is 70.6 Å². The van der Waals surface area contributed by atoms with Crippen LogP contribution in [0.3, 0.4) is 0 Å². The maximum atomic E-state index is 12.5. The summed E-state index contributed by atoms with van der Waals surface area (Å²) in [5, 5.41) is 9.41. The number of anilines is 1. The van der Waals surface area contributed by atoms with Gasteiger partial charge in [-0.15, -0.1) is 0 Å². The number of rotatable bonds is 10. The first-order valence-electron chi connectivity index (χ1n) is 11.3. The number of nitrogens with one attached hydrogen (secondary N) is 2. The van der Waals surface area contributed by atoms with Crippen LogP contribution in [-0.2, 0) is 4.79 Å². The van der Waals surface area contributed by atoms with Crippen LogP contribution < -0.4 is 10.7 Å². The fraction of sp³-hybridized carbons (Fsp3) is 0.296. The van der Waals surface area contributed by atoms with Crippen molar-refractivity contribution >= 4 is 34.0 Å². The molecule has 0 radical (unpaired) electrons. The van der Waals surface area contributed by atoms with Crippen molar-refractivity contribution in [2.24, 2.45) is 5.10 Å². The molecule has 166 valence electrons. The lowest BCUT2D eigenvalue weighted by Gasteiger charge is -2.08. The zero-order valence-electron chi connectivity index (χ0n) is 18.9. The molecule has 3 rings (SSSR count). The van der Waals surface area contributed by atoms with Crippen LogP contribution in [0.25, 0.3) is 10.8 Å². The molecule has 2 amide bonds. The Kier molecular flexibility index (Phi) is 8.55. The second-order valence-electron chi connectivity index (χ2n) is 7.95. The van der Waals surface area contributed by atoms with Gasteiger partial charge in [-0.05, 0) is 48.4 Å².